The Balaban J connectivity index is 0.00000116. The van der Waals surface area contributed by atoms with Gasteiger partial charge in [-0.2, -0.15) is 0 Å². The second-order valence-electron chi connectivity index (χ2n) is 4.21. The Bertz CT molecular complexity index is 630. The summed E-state index contributed by atoms with van der Waals surface area (Å²) in [5, 5.41) is 0. The number of benzene rings is 1. The second kappa shape index (κ2) is 8.37. The molecule has 0 bridgehead atoms. The van der Waals surface area contributed by atoms with Crippen LogP contribution in [0.5, 0.6) is 0 Å². The first kappa shape index (κ1) is 18.8. The number of ketones is 2. The molecule has 2 rings (SSSR count). The van der Waals surface area contributed by atoms with Gasteiger partial charge in [-0.1, -0.05) is 79.0 Å². The number of hydrogen-bond donors (Lipinski definition) is 1. The Morgan fingerprint density at radius 3 is 2.23 bits per heavy atom. The van der Waals surface area contributed by atoms with Crippen LogP contribution in [0.2, 0.25) is 0 Å². The van der Waals surface area contributed by atoms with Gasteiger partial charge in [0.2, 0.25) is 5.78 Å². The molecule has 0 saturated carbocycles. The van der Waals surface area contributed by atoms with Gasteiger partial charge in [-0.05, 0) is 11.6 Å². The van der Waals surface area contributed by atoms with E-state index in [1.54, 1.807) is 0 Å². The Labute approximate surface area is 144 Å². The minimum absolute atomic E-state index is 0.0985. The van der Waals surface area contributed by atoms with Crippen molar-refractivity contribution in [3.8, 4) is 0 Å². The van der Waals surface area contributed by atoms with Gasteiger partial charge >= 0.3 is 0 Å². The van der Waals surface area contributed by atoms with E-state index in [2.05, 4.69) is 4.98 Å². The number of nitrogens with one attached hydrogen (secondary N) is 1. The number of alkyl halides is 3. The highest BCUT2D eigenvalue weighted by atomic mass is 35.6. The minimum atomic E-state index is -2.04. The average molecular weight is 361 g/mol. The molecule has 0 atom stereocenters. The molecule has 118 valence electrons. The van der Waals surface area contributed by atoms with Crippen LogP contribution in [0.4, 0.5) is 0 Å². The van der Waals surface area contributed by atoms with Gasteiger partial charge in [0, 0.05) is 18.2 Å². The zero-order valence-electron chi connectivity index (χ0n) is 12.2. The number of H-pyrrole nitrogens is 1. The van der Waals surface area contributed by atoms with Crippen molar-refractivity contribution in [2.24, 2.45) is 0 Å². The molecule has 0 aliphatic carbocycles. The SMILES string of the molecule is CC.O=C(Cc1ccccc1)c1c[nH]c(C(=O)C(Cl)(Cl)Cl)c1. The molecule has 0 fully saturated rings. The van der Waals surface area contributed by atoms with Crippen molar-refractivity contribution >= 4 is 46.4 Å². The normalized spacial score (nSPS) is 10.6. The van der Waals surface area contributed by atoms with E-state index in [1.165, 1.54) is 12.3 Å². The van der Waals surface area contributed by atoms with E-state index in [4.69, 9.17) is 34.8 Å². The molecule has 1 N–H and O–H groups in total. The number of hydrogen-bond acceptors (Lipinski definition) is 2. The van der Waals surface area contributed by atoms with Gasteiger partial charge in [0.25, 0.3) is 3.79 Å². The number of Topliss-reactive ketones (excluding diaryl/α,β-unsaturated/α-hetero) is 2. The summed E-state index contributed by atoms with van der Waals surface area (Å²) in [6.45, 7) is 4.00. The lowest BCUT2D eigenvalue weighted by Gasteiger charge is -2.06. The van der Waals surface area contributed by atoms with E-state index in [1.807, 2.05) is 44.2 Å². The number of rotatable bonds is 4. The minimum Gasteiger partial charge on any atom is -0.358 e. The molecule has 0 aliphatic heterocycles. The summed E-state index contributed by atoms with van der Waals surface area (Å²) < 4.78 is -2.04. The first-order chi connectivity index (χ1) is 10.4. The van der Waals surface area contributed by atoms with Crippen LogP contribution in [0.25, 0.3) is 0 Å². The third-order valence-corrected chi connectivity index (χ3v) is 3.23. The number of halogens is 3. The van der Waals surface area contributed by atoms with Gasteiger partial charge in [0.05, 0.1) is 5.69 Å². The van der Waals surface area contributed by atoms with Crippen LogP contribution in [-0.4, -0.2) is 20.3 Å². The predicted molar refractivity (Wildman–Crippen MR) is 91.2 cm³/mol. The molecular weight excluding hydrogens is 345 g/mol. The van der Waals surface area contributed by atoms with Crippen molar-refractivity contribution in [2.45, 2.75) is 24.1 Å². The molecule has 22 heavy (non-hydrogen) atoms. The average Bonchev–Trinajstić information content (AvgIpc) is 2.98. The van der Waals surface area contributed by atoms with Gasteiger partial charge in [-0.3, -0.25) is 9.59 Å². The summed E-state index contributed by atoms with van der Waals surface area (Å²) in [7, 11) is 0. The Morgan fingerprint density at radius 2 is 1.68 bits per heavy atom. The van der Waals surface area contributed by atoms with Crippen molar-refractivity contribution in [1.82, 2.24) is 4.98 Å². The van der Waals surface area contributed by atoms with Crippen molar-refractivity contribution in [3.05, 3.63) is 59.4 Å². The summed E-state index contributed by atoms with van der Waals surface area (Å²) in [6, 6.07) is 10.7. The van der Waals surface area contributed by atoms with Crippen LogP contribution in [0.3, 0.4) is 0 Å². The molecule has 0 saturated heterocycles. The van der Waals surface area contributed by atoms with Crippen LogP contribution in [0.15, 0.2) is 42.6 Å². The lowest BCUT2D eigenvalue weighted by molar-refractivity contribution is 0.0988. The maximum Gasteiger partial charge on any atom is 0.254 e. The second-order valence-corrected chi connectivity index (χ2v) is 6.50. The molecule has 0 amide bonds. The summed E-state index contributed by atoms with van der Waals surface area (Å²) in [5.74, 6) is -0.808. The first-order valence-corrected chi connectivity index (χ1v) is 7.88. The van der Waals surface area contributed by atoms with E-state index in [9.17, 15) is 9.59 Å². The maximum atomic E-state index is 12.1. The van der Waals surface area contributed by atoms with Gasteiger partial charge in [0.1, 0.15) is 0 Å². The molecule has 0 radical (unpaired) electrons. The van der Waals surface area contributed by atoms with Gasteiger partial charge in [-0.25, -0.2) is 0 Å². The van der Waals surface area contributed by atoms with E-state index >= 15 is 0 Å². The highest BCUT2D eigenvalue weighted by Crippen LogP contribution is 2.30. The first-order valence-electron chi connectivity index (χ1n) is 6.75. The molecule has 0 unspecified atom stereocenters. The summed E-state index contributed by atoms with van der Waals surface area (Å²) in [4.78, 5) is 26.4. The maximum absolute atomic E-state index is 12.1. The largest absolute Gasteiger partial charge is 0.358 e. The van der Waals surface area contributed by atoms with Gasteiger partial charge < -0.3 is 4.98 Å². The lowest BCUT2D eigenvalue weighted by atomic mass is 10.1. The number of aromatic nitrogens is 1. The smallest absolute Gasteiger partial charge is 0.254 e. The molecule has 1 aromatic heterocycles. The fourth-order valence-corrected chi connectivity index (χ4v) is 2.03. The highest BCUT2D eigenvalue weighted by molar-refractivity contribution is 6.77. The summed E-state index contributed by atoms with van der Waals surface area (Å²) in [6.07, 6.45) is 1.69. The van der Waals surface area contributed by atoms with Crippen LogP contribution >= 0.6 is 34.8 Å². The molecule has 2 aromatic rings. The number of carbonyl (C=O) groups excluding carboxylic acids is 2. The van der Waals surface area contributed by atoms with Crippen molar-refractivity contribution in [2.75, 3.05) is 0 Å². The quantitative estimate of drug-likeness (QED) is 0.615. The van der Waals surface area contributed by atoms with Crippen LogP contribution in [-0.2, 0) is 6.42 Å². The van der Waals surface area contributed by atoms with Crippen LogP contribution < -0.4 is 0 Å². The fourth-order valence-electron chi connectivity index (χ4n) is 1.72. The molecule has 6 heteroatoms. The van der Waals surface area contributed by atoms with Gasteiger partial charge in [0.15, 0.2) is 5.78 Å². The summed E-state index contributed by atoms with van der Waals surface area (Å²) in [5.41, 5.74) is 1.38. The predicted octanol–water partition coefficient (Wildman–Crippen LogP) is 5.02. The Morgan fingerprint density at radius 1 is 1.09 bits per heavy atom. The highest BCUT2D eigenvalue weighted by Gasteiger charge is 2.32. The third kappa shape index (κ3) is 5.16. The van der Waals surface area contributed by atoms with E-state index in [0.29, 0.717) is 5.56 Å². The van der Waals surface area contributed by atoms with Crippen molar-refractivity contribution in [1.29, 1.82) is 0 Å². The monoisotopic (exact) mass is 359 g/mol. The topological polar surface area (TPSA) is 49.9 Å². The lowest BCUT2D eigenvalue weighted by Crippen LogP contribution is -2.19. The summed E-state index contributed by atoms with van der Waals surface area (Å²) >= 11 is 16.5. The van der Waals surface area contributed by atoms with E-state index in [-0.39, 0.29) is 17.9 Å². The Hall–Kier alpha value is -1.29. The zero-order chi connectivity index (χ0) is 16.8. The van der Waals surface area contributed by atoms with Crippen LogP contribution in [0.1, 0.15) is 40.3 Å². The molecule has 1 aromatic carbocycles. The van der Waals surface area contributed by atoms with E-state index < -0.39 is 9.58 Å². The Kier molecular flexibility index (Phi) is 7.14. The third-order valence-electron chi connectivity index (χ3n) is 2.71. The zero-order valence-corrected chi connectivity index (χ0v) is 14.5. The van der Waals surface area contributed by atoms with Crippen molar-refractivity contribution in [3.63, 3.8) is 0 Å². The van der Waals surface area contributed by atoms with Crippen molar-refractivity contribution < 1.29 is 9.59 Å². The van der Waals surface area contributed by atoms with Gasteiger partial charge in [-0.15, -0.1) is 0 Å². The molecule has 3 nitrogen and oxygen atoms in total. The molecule has 0 spiro atoms. The molecule has 1 heterocycles. The number of aromatic amines is 1. The molecular formula is C16H16Cl3NO2. The standard InChI is InChI=1S/C14H10Cl3NO2.C2H6/c15-14(16,17)13(20)11-7-10(8-18-11)12(19)6-9-4-2-1-3-5-9;1-2/h1-5,7-8,18H,6H2;1-2H3. The molecule has 0 aliphatic rings. The van der Waals surface area contributed by atoms with E-state index in [0.717, 1.165) is 5.56 Å². The fraction of sp³-hybridized carbons (Fsp3) is 0.250. The number of carbonyl (C=O) groups is 2. The van der Waals surface area contributed by atoms with Crippen LogP contribution in [0, 0.1) is 0 Å².